The van der Waals surface area contributed by atoms with Gasteiger partial charge in [0.15, 0.2) is 0 Å². The van der Waals surface area contributed by atoms with E-state index in [1.165, 1.54) is 19.2 Å². The van der Waals surface area contributed by atoms with Gasteiger partial charge in [-0.15, -0.1) is 0 Å². The molecule has 2 rings (SSSR count). The maximum absolute atomic E-state index is 11.9. The van der Waals surface area contributed by atoms with E-state index in [0.29, 0.717) is 12.8 Å². The molecule has 1 heterocycles. The van der Waals surface area contributed by atoms with Crippen LogP contribution in [0.15, 0.2) is 16.9 Å². The summed E-state index contributed by atoms with van der Waals surface area (Å²) in [5.41, 5.74) is -0.128. The quantitative estimate of drug-likeness (QED) is 0.627. The fourth-order valence-corrected chi connectivity index (χ4v) is 2.30. The summed E-state index contributed by atoms with van der Waals surface area (Å²) in [6.07, 6.45) is 0.362. The van der Waals surface area contributed by atoms with Crippen LogP contribution in [0.5, 0.6) is 0 Å². The number of aliphatic hydroxyl groups excluding tert-OH is 2. The molecule has 0 aromatic carbocycles. The Balaban J connectivity index is 2.02. The van der Waals surface area contributed by atoms with E-state index >= 15 is 0 Å². The molecule has 1 saturated carbocycles. The largest absolute Gasteiger partial charge is 0.396 e. The number of aromatic nitrogens is 2. The first-order chi connectivity index (χ1) is 9.01. The van der Waals surface area contributed by atoms with Gasteiger partial charge >= 0.3 is 0 Å². The van der Waals surface area contributed by atoms with Crippen LogP contribution in [-0.2, 0) is 7.05 Å². The Labute approximate surface area is 109 Å². The first-order valence-corrected chi connectivity index (χ1v) is 6.15. The summed E-state index contributed by atoms with van der Waals surface area (Å²) >= 11 is 0. The van der Waals surface area contributed by atoms with Crippen molar-refractivity contribution in [3.8, 4) is 0 Å². The summed E-state index contributed by atoms with van der Waals surface area (Å²) in [6, 6.07) is 2.47. The molecule has 7 heteroatoms. The SMILES string of the molecule is Cn1nc(C(=O)N[C@H]2C[C@@H](CO)[C@H](O)C2)ccc1=O. The molecule has 1 aromatic heterocycles. The van der Waals surface area contributed by atoms with Gasteiger partial charge in [-0.25, -0.2) is 4.68 Å². The molecule has 3 atom stereocenters. The zero-order chi connectivity index (χ0) is 14.0. The minimum atomic E-state index is -0.594. The van der Waals surface area contributed by atoms with Gasteiger partial charge in [0.2, 0.25) is 0 Å². The van der Waals surface area contributed by atoms with Crippen molar-refractivity contribution in [2.75, 3.05) is 6.61 Å². The Kier molecular flexibility index (Phi) is 3.96. The molecule has 0 spiro atoms. The molecule has 1 aliphatic rings. The van der Waals surface area contributed by atoms with Gasteiger partial charge in [-0.2, -0.15) is 5.10 Å². The average Bonchev–Trinajstić information content (AvgIpc) is 2.72. The molecule has 19 heavy (non-hydrogen) atoms. The molecule has 0 bridgehead atoms. The monoisotopic (exact) mass is 267 g/mol. The molecule has 0 aliphatic heterocycles. The molecule has 0 unspecified atom stereocenters. The Hall–Kier alpha value is -1.73. The van der Waals surface area contributed by atoms with E-state index in [-0.39, 0.29) is 35.7 Å². The number of amides is 1. The van der Waals surface area contributed by atoms with Crippen LogP contribution >= 0.6 is 0 Å². The predicted molar refractivity (Wildman–Crippen MR) is 66.5 cm³/mol. The molecule has 1 aliphatic carbocycles. The van der Waals surface area contributed by atoms with Gasteiger partial charge in [-0.05, 0) is 18.9 Å². The van der Waals surface area contributed by atoms with Gasteiger partial charge in [0.25, 0.3) is 11.5 Å². The van der Waals surface area contributed by atoms with Gasteiger partial charge in [0.1, 0.15) is 5.69 Å². The third-order valence-electron chi connectivity index (χ3n) is 3.42. The van der Waals surface area contributed by atoms with E-state index in [4.69, 9.17) is 5.11 Å². The zero-order valence-corrected chi connectivity index (χ0v) is 10.6. The number of hydrogen-bond acceptors (Lipinski definition) is 5. The maximum atomic E-state index is 11.9. The van der Waals surface area contributed by atoms with Crippen molar-refractivity contribution in [3.05, 3.63) is 28.2 Å². The van der Waals surface area contributed by atoms with Crippen molar-refractivity contribution in [2.24, 2.45) is 13.0 Å². The number of carbonyl (C=O) groups excluding carboxylic acids is 1. The van der Waals surface area contributed by atoms with E-state index < -0.39 is 6.10 Å². The number of hydrogen-bond donors (Lipinski definition) is 3. The summed E-state index contributed by atoms with van der Waals surface area (Å²) in [4.78, 5) is 23.1. The number of nitrogens with zero attached hydrogens (tertiary/aromatic N) is 2. The number of aryl methyl sites for hydroxylation is 1. The Morgan fingerprint density at radius 2 is 2.26 bits per heavy atom. The first-order valence-electron chi connectivity index (χ1n) is 6.15. The summed E-state index contributed by atoms with van der Waals surface area (Å²) in [5, 5.41) is 25.3. The highest BCUT2D eigenvalue weighted by molar-refractivity contribution is 5.92. The van der Waals surface area contributed by atoms with Crippen molar-refractivity contribution < 1.29 is 15.0 Å². The highest BCUT2D eigenvalue weighted by atomic mass is 16.3. The summed E-state index contributed by atoms with van der Waals surface area (Å²) in [6.45, 7) is -0.0916. The Morgan fingerprint density at radius 3 is 2.84 bits per heavy atom. The summed E-state index contributed by atoms with van der Waals surface area (Å²) in [5.74, 6) is -0.579. The van der Waals surface area contributed by atoms with Gasteiger partial charge in [-0.1, -0.05) is 0 Å². The molecular weight excluding hydrogens is 250 g/mol. The molecular formula is C12H17N3O4. The number of rotatable bonds is 3. The third-order valence-corrected chi connectivity index (χ3v) is 3.42. The van der Waals surface area contributed by atoms with Crippen molar-refractivity contribution in [3.63, 3.8) is 0 Å². The second-order valence-corrected chi connectivity index (χ2v) is 4.83. The van der Waals surface area contributed by atoms with E-state index in [9.17, 15) is 14.7 Å². The smallest absolute Gasteiger partial charge is 0.271 e. The number of aliphatic hydroxyl groups is 2. The van der Waals surface area contributed by atoms with Crippen LogP contribution in [-0.4, -0.2) is 44.7 Å². The molecule has 0 saturated heterocycles. The van der Waals surface area contributed by atoms with E-state index in [1.807, 2.05) is 0 Å². The second-order valence-electron chi connectivity index (χ2n) is 4.83. The zero-order valence-electron chi connectivity index (χ0n) is 10.6. The minimum absolute atomic E-state index is 0.0916. The maximum Gasteiger partial charge on any atom is 0.271 e. The van der Waals surface area contributed by atoms with Crippen molar-refractivity contribution in [1.82, 2.24) is 15.1 Å². The lowest BCUT2D eigenvalue weighted by atomic mass is 10.1. The molecule has 1 aromatic rings. The number of carbonyl (C=O) groups is 1. The third kappa shape index (κ3) is 2.99. The topological polar surface area (TPSA) is 104 Å². The molecule has 0 radical (unpaired) electrons. The summed E-state index contributed by atoms with van der Waals surface area (Å²) < 4.78 is 1.09. The summed E-state index contributed by atoms with van der Waals surface area (Å²) in [7, 11) is 1.47. The van der Waals surface area contributed by atoms with Crippen molar-refractivity contribution in [1.29, 1.82) is 0 Å². The van der Waals surface area contributed by atoms with Crippen LogP contribution in [0, 0.1) is 5.92 Å². The second kappa shape index (κ2) is 5.50. The number of nitrogens with one attached hydrogen (secondary N) is 1. The molecule has 1 fully saturated rings. The molecule has 1 amide bonds. The highest BCUT2D eigenvalue weighted by Gasteiger charge is 2.33. The fraction of sp³-hybridized carbons (Fsp3) is 0.583. The van der Waals surface area contributed by atoms with Crippen LogP contribution < -0.4 is 10.9 Å². The van der Waals surface area contributed by atoms with Crippen LogP contribution in [0.3, 0.4) is 0 Å². The Bertz CT molecular complexity index is 528. The van der Waals surface area contributed by atoms with Gasteiger partial charge in [0, 0.05) is 31.7 Å². The highest BCUT2D eigenvalue weighted by Crippen LogP contribution is 2.25. The van der Waals surface area contributed by atoms with Crippen molar-refractivity contribution in [2.45, 2.75) is 25.0 Å². The van der Waals surface area contributed by atoms with Crippen molar-refractivity contribution >= 4 is 5.91 Å². The average molecular weight is 267 g/mol. The molecule has 104 valence electrons. The van der Waals surface area contributed by atoms with E-state index in [1.54, 1.807) is 0 Å². The van der Waals surface area contributed by atoms with Crippen LogP contribution in [0.25, 0.3) is 0 Å². The van der Waals surface area contributed by atoms with Gasteiger partial charge in [-0.3, -0.25) is 9.59 Å². The lowest BCUT2D eigenvalue weighted by Crippen LogP contribution is -2.35. The molecule has 3 N–H and O–H groups in total. The first kappa shape index (κ1) is 13.7. The van der Waals surface area contributed by atoms with Crippen LogP contribution in [0.1, 0.15) is 23.3 Å². The normalized spacial score (nSPS) is 26.4. The predicted octanol–water partition coefficient (Wildman–Crippen LogP) is -1.36. The van der Waals surface area contributed by atoms with Crippen LogP contribution in [0.2, 0.25) is 0 Å². The lowest BCUT2D eigenvalue weighted by molar-refractivity contribution is 0.0902. The lowest BCUT2D eigenvalue weighted by Gasteiger charge is -2.12. The van der Waals surface area contributed by atoms with Gasteiger partial charge < -0.3 is 15.5 Å². The fourth-order valence-electron chi connectivity index (χ4n) is 2.30. The van der Waals surface area contributed by atoms with E-state index in [2.05, 4.69) is 10.4 Å². The van der Waals surface area contributed by atoms with Gasteiger partial charge in [0.05, 0.1) is 6.10 Å². The van der Waals surface area contributed by atoms with Crippen LogP contribution in [0.4, 0.5) is 0 Å². The van der Waals surface area contributed by atoms with E-state index in [0.717, 1.165) is 4.68 Å². The molecule has 7 nitrogen and oxygen atoms in total. The standard InChI is InChI=1S/C12H17N3O4/c1-15-11(18)3-2-9(14-15)12(19)13-8-4-7(6-16)10(17)5-8/h2-3,7-8,10,16-17H,4-6H2,1H3,(H,13,19)/t7-,8-,10+/m0/s1. The minimum Gasteiger partial charge on any atom is -0.396 e. The Morgan fingerprint density at radius 1 is 1.53 bits per heavy atom.